The summed E-state index contributed by atoms with van der Waals surface area (Å²) in [6.45, 7) is 7.86. The Morgan fingerprint density at radius 2 is 2.09 bits per heavy atom. The van der Waals surface area contributed by atoms with E-state index >= 15 is 0 Å². The summed E-state index contributed by atoms with van der Waals surface area (Å²) in [5.74, 6) is 1.25. The lowest BCUT2D eigenvalue weighted by atomic mass is 9.87. The van der Waals surface area contributed by atoms with Crippen LogP contribution in [0.3, 0.4) is 0 Å². The highest BCUT2D eigenvalue weighted by atomic mass is 16.5. The molecule has 2 aliphatic heterocycles. The molecular weight excluding hydrogens is 402 g/mol. The van der Waals surface area contributed by atoms with Crippen molar-refractivity contribution in [1.29, 1.82) is 0 Å². The highest BCUT2D eigenvalue weighted by Crippen LogP contribution is 2.31. The number of carbonyl (C=O) groups is 1. The predicted octanol–water partition coefficient (Wildman–Crippen LogP) is 3.96. The molecule has 1 amide bonds. The Morgan fingerprint density at radius 1 is 1.22 bits per heavy atom. The minimum atomic E-state index is -0.328. The highest BCUT2D eigenvalue weighted by Gasteiger charge is 2.33. The summed E-state index contributed by atoms with van der Waals surface area (Å²) in [4.78, 5) is 20.0. The van der Waals surface area contributed by atoms with E-state index in [4.69, 9.17) is 9.47 Å². The molecule has 2 aromatic rings. The van der Waals surface area contributed by atoms with Crippen molar-refractivity contribution in [1.82, 2.24) is 15.2 Å². The third-order valence-corrected chi connectivity index (χ3v) is 7.00. The summed E-state index contributed by atoms with van der Waals surface area (Å²) in [5, 5.41) is 3.30. The Kier molecular flexibility index (Phi) is 7.43. The van der Waals surface area contributed by atoms with Gasteiger partial charge in [0, 0.05) is 25.9 Å². The maximum atomic E-state index is 12.9. The number of benzene rings is 1. The predicted molar refractivity (Wildman–Crippen MR) is 125 cm³/mol. The zero-order valence-corrected chi connectivity index (χ0v) is 19.5. The molecule has 1 N–H and O–H groups in total. The minimum absolute atomic E-state index is 0.00287. The average Bonchev–Trinajstić information content (AvgIpc) is 3.37. The number of nitrogens with zero attached hydrogens (tertiary/aromatic N) is 2. The van der Waals surface area contributed by atoms with Gasteiger partial charge in [-0.1, -0.05) is 12.1 Å². The monoisotopic (exact) mass is 437 g/mol. The molecule has 0 spiro atoms. The topological polar surface area (TPSA) is 63.7 Å². The summed E-state index contributed by atoms with van der Waals surface area (Å²) in [5.41, 5.74) is 4.76. The van der Waals surface area contributed by atoms with E-state index in [1.165, 1.54) is 16.7 Å². The van der Waals surface area contributed by atoms with E-state index < -0.39 is 0 Å². The van der Waals surface area contributed by atoms with Crippen LogP contribution in [0.15, 0.2) is 36.5 Å². The Bertz CT molecular complexity index is 912. The smallest absolute Gasteiger partial charge is 0.249 e. The molecule has 6 nitrogen and oxygen atoms in total. The Balaban J connectivity index is 1.49. The van der Waals surface area contributed by atoms with Crippen LogP contribution in [-0.2, 0) is 16.1 Å². The lowest BCUT2D eigenvalue weighted by Gasteiger charge is -2.37. The first-order chi connectivity index (χ1) is 15.6. The largest absolute Gasteiger partial charge is 0.496 e. The van der Waals surface area contributed by atoms with Crippen molar-refractivity contribution in [2.45, 2.75) is 58.2 Å². The van der Waals surface area contributed by atoms with Gasteiger partial charge in [-0.2, -0.15) is 0 Å². The quantitative estimate of drug-likeness (QED) is 0.711. The van der Waals surface area contributed by atoms with E-state index in [-0.39, 0.29) is 18.1 Å². The van der Waals surface area contributed by atoms with Crippen LogP contribution in [0.5, 0.6) is 5.75 Å². The van der Waals surface area contributed by atoms with Gasteiger partial charge in [0.1, 0.15) is 11.9 Å². The molecule has 2 aliphatic rings. The maximum absolute atomic E-state index is 12.9. The molecule has 0 radical (unpaired) electrons. The molecular formula is C26H35N3O3. The number of rotatable bonds is 7. The van der Waals surface area contributed by atoms with Crippen molar-refractivity contribution in [2.75, 3.05) is 26.8 Å². The number of pyridine rings is 1. The number of methoxy groups -OCH3 is 1. The molecule has 0 unspecified atom stereocenters. The first kappa shape index (κ1) is 22.7. The lowest BCUT2D eigenvalue weighted by Crippen LogP contribution is -2.45. The Hall–Kier alpha value is -2.44. The van der Waals surface area contributed by atoms with Crippen LogP contribution in [-0.4, -0.2) is 48.7 Å². The third kappa shape index (κ3) is 5.13. The second-order valence-corrected chi connectivity index (χ2v) is 9.06. The molecule has 4 rings (SSSR count). The molecule has 1 aromatic carbocycles. The number of likely N-dealkylation sites (tertiary alicyclic amines) is 1. The van der Waals surface area contributed by atoms with E-state index in [9.17, 15) is 4.79 Å². The first-order valence-electron chi connectivity index (χ1n) is 11.7. The lowest BCUT2D eigenvalue weighted by molar-refractivity contribution is -0.131. The summed E-state index contributed by atoms with van der Waals surface area (Å²) in [7, 11) is 1.72. The number of nitrogens with one attached hydrogen (secondary N) is 1. The number of ether oxygens (including phenoxy) is 2. The first-order valence-corrected chi connectivity index (χ1v) is 11.7. The van der Waals surface area contributed by atoms with Gasteiger partial charge in [-0.15, -0.1) is 0 Å². The summed E-state index contributed by atoms with van der Waals surface area (Å²) >= 11 is 0. The van der Waals surface area contributed by atoms with Crippen molar-refractivity contribution in [3.63, 3.8) is 0 Å². The van der Waals surface area contributed by atoms with Gasteiger partial charge in [0.25, 0.3) is 0 Å². The Morgan fingerprint density at radius 3 is 2.81 bits per heavy atom. The number of aromatic nitrogens is 1. The number of hydrogen-bond donors (Lipinski definition) is 1. The van der Waals surface area contributed by atoms with Crippen molar-refractivity contribution in [2.24, 2.45) is 5.92 Å². The standard InChI is InChI=1S/C26H35N3O3/c1-18-19(2)23(31-3)12-11-20(18)16-29-14-6-8-21(17-29)25(22-9-4-5-13-27-22)28-26(30)24-10-7-15-32-24/h4-5,9,11-13,21,24-25H,6-8,10,14-17H2,1-3H3,(H,28,30)/t21-,24-,25+/m0/s1. The molecule has 0 saturated carbocycles. The second-order valence-electron chi connectivity index (χ2n) is 9.06. The molecule has 6 heteroatoms. The fourth-order valence-corrected chi connectivity index (χ4v) is 5.02. The normalized spacial score (nSPS) is 22.5. The van der Waals surface area contributed by atoms with E-state index in [1.54, 1.807) is 7.11 Å². The van der Waals surface area contributed by atoms with Gasteiger partial charge in [0.15, 0.2) is 0 Å². The zero-order chi connectivity index (χ0) is 22.5. The second kappa shape index (κ2) is 10.5. The fourth-order valence-electron chi connectivity index (χ4n) is 5.02. The number of hydrogen-bond acceptors (Lipinski definition) is 5. The van der Waals surface area contributed by atoms with Crippen molar-refractivity contribution < 1.29 is 14.3 Å². The zero-order valence-electron chi connectivity index (χ0n) is 19.5. The van der Waals surface area contributed by atoms with Crippen LogP contribution >= 0.6 is 0 Å². The molecule has 32 heavy (non-hydrogen) atoms. The van der Waals surface area contributed by atoms with Crippen LogP contribution < -0.4 is 10.1 Å². The van der Waals surface area contributed by atoms with Gasteiger partial charge < -0.3 is 14.8 Å². The fraction of sp³-hybridized carbons (Fsp3) is 0.538. The molecule has 2 saturated heterocycles. The van der Waals surface area contributed by atoms with Gasteiger partial charge in [-0.05, 0) is 86.9 Å². The van der Waals surface area contributed by atoms with Gasteiger partial charge >= 0.3 is 0 Å². The van der Waals surface area contributed by atoms with Crippen LogP contribution in [0, 0.1) is 19.8 Å². The van der Waals surface area contributed by atoms with Crippen molar-refractivity contribution >= 4 is 5.91 Å². The van der Waals surface area contributed by atoms with Crippen LogP contribution in [0.4, 0.5) is 0 Å². The minimum Gasteiger partial charge on any atom is -0.496 e. The van der Waals surface area contributed by atoms with Crippen LogP contribution in [0.25, 0.3) is 0 Å². The third-order valence-electron chi connectivity index (χ3n) is 7.00. The van der Waals surface area contributed by atoms with Gasteiger partial charge in [0.05, 0.1) is 18.8 Å². The van der Waals surface area contributed by atoms with Crippen LogP contribution in [0.1, 0.15) is 54.1 Å². The van der Waals surface area contributed by atoms with Crippen molar-refractivity contribution in [3.05, 3.63) is 58.9 Å². The summed E-state index contributed by atoms with van der Waals surface area (Å²) in [6, 6.07) is 10.1. The van der Waals surface area contributed by atoms with Crippen molar-refractivity contribution in [3.8, 4) is 5.75 Å². The molecule has 3 atom stereocenters. The van der Waals surface area contributed by atoms with E-state index in [2.05, 4.69) is 41.2 Å². The number of carbonyl (C=O) groups excluding carboxylic acids is 1. The van der Waals surface area contributed by atoms with Gasteiger partial charge in [-0.25, -0.2) is 0 Å². The maximum Gasteiger partial charge on any atom is 0.249 e. The number of amides is 1. The van der Waals surface area contributed by atoms with Gasteiger partial charge in [0.2, 0.25) is 5.91 Å². The van der Waals surface area contributed by atoms with Crippen LogP contribution in [0.2, 0.25) is 0 Å². The molecule has 2 fully saturated rings. The SMILES string of the molecule is COc1ccc(CN2CCC[C@H]([C@@H](NC(=O)[C@@H]3CCCO3)c3ccccn3)C2)c(C)c1C. The average molecular weight is 438 g/mol. The summed E-state index contributed by atoms with van der Waals surface area (Å²) in [6.07, 6.45) is 5.41. The molecule has 0 aliphatic carbocycles. The van der Waals surface area contributed by atoms with E-state index in [0.29, 0.717) is 12.5 Å². The highest BCUT2D eigenvalue weighted by molar-refractivity contribution is 5.81. The van der Waals surface area contributed by atoms with Gasteiger partial charge in [-0.3, -0.25) is 14.7 Å². The summed E-state index contributed by atoms with van der Waals surface area (Å²) < 4.78 is 11.1. The molecule has 1 aromatic heterocycles. The molecule has 3 heterocycles. The molecule has 0 bridgehead atoms. The Labute approximate surface area is 191 Å². The number of piperidine rings is 1. The van der Waals surface area contributed by atoms with E-state index in [0.717, 1.165) is 56.8 Å². The van der Waals surface area contributed by atoms with E-state index in [1.807, 2.05) is 24.4 Å². The molecule has 172 valence electrons.